The fraction of sp³-hybridized carbons (Fsp3) is 0.0909. The van der Waals surface area contributed by atoms with Crippen molar-refractivity contribution in [3.8, 4) is 5.69 Å². The molecule has 0 bridgehead atoms. The zero-order valence-corrected chi connectivity index (χ0v) is 9.81. The molecule has 1 aromatic heterocycles. The molecule has 1 heterocycles. The summed E-state index contributed by atoms with van der Waals surface area (Å²) in [5, 5.41) is 0.626. The number of anilines is 1. The molecule has 2 N–H and O–H groups in total. The van der Waals surface area contributed by atoms with Gasteiger partial charge in [0, 0.05) is 10.7 Å². The molecule has 0 saturated carbocycles. The molecule has 1 aromatic carbocycles. The first-order valence-corrected chi connectivity index (χ1v) is 5.18. The van der Waals surface area contributed by atoms with Gasteiger partial charge in [-0.2, -0.15) is 0 Å². The van der Waals surface area contributed by atoms with Crippen LogP contribution in [0.15, 0.2) is 30.6 Å². The molecule has 0 fully saturated rings. The van der Waals surface area contributed by atoms with Crippen molar-refractivity contribution in [1.82, 2.24) is 9.55 Å². The van der Waals surface area contributed by atoms with Crippen molar-refractivity contribution in [2.24, 2.45) is 0 Å². The molecule has 0 spiro atoms. The van der Waals surface area contributed by atoms with Gasteiger partial charge in [0.15, 0.2) is 5.69 Å². The van der Waals surface area contributed by atoms with Crippen LogP contribution in [0, 0.1) is 0 Å². The van der Waals surface area contributed by atoms with Crippen molar-refractivity contribution in [1.29, 1.82) is 0 Å². The lowest BCUT2D eigenvalue weighted by Crippen LogP contribution is -2.07. The van der Waals surface area contributed by atoms with Gasteiger partial charge in [0.25, 0.3) is 0 Å². The molecule has 17 heavy (non-hydrogen) atoms. The Hall–Kier alpha value is -2.01. The number of benzene rings is 1. The van der Waals surface area contributed by atoms with Gasteiger partial charge in [0.1, 0.15) is 12.1 Å². The molecule has 0 radical (unpaired) electrons. The number of hydrogen-bond donors (Lipinski definition) is 1. The lowest BCUT2D eigenvalue weighted by Gasteiger charge is -2.05. The summed E-state index contributed by atoms with van der Waals surface area (Å²) in [5.41, 5.74) is 6.69. The van der Waals surface area contributed by atoms with Crippen LogP contribution in [0.1, 0.15) is 10.5 Å². The Balaban J connectivity index is 2.44. The number of carbonyl (C=O) groups is 1. The Morgan fingerprint density at radius 3 is 2.65 bits per heavy atom. The van der Waals surface area contributed by atoms with Crippen molar-refractivity contribution in [3.05, 3.63) is 41.3 Å². The molecule has 0 atom stereocenters. The van der Waals surface area contributed by atoms with Crippen molar-refractivity contribution in [3.63, 3.8) is 0 Å². The maximum absolute atomic E-state index is 11.3. The standard InChI is InChI=1S/C11H10ClN3O2/c1-17-11(16)9-10(13)15(6-14-9)8-4-2-7(12)3-5-8/h2-6H,13H2,1H3. The molecular weight excluding hydrogens is 242 g/mol. The second-order valence-electron chi connectivity index (χ2n) is 3.32. The van der Waals surface area contributed by atoms with Gasteiger partial charge in [0.05, 0.1) is 7.11 Å². The molecule has 88 valence electrons. The minimum atomic E-state index is -0.560. The number of nitrogen functional groups attached to an aromatic ring is 1. The van der Waals surface area contributed by atoms with Gasteiger partial charge in [-0.05, 0) is 24.3 Å². The van der Waals surface area contributed by atoms with E-state index in [4.69, 9.17) is 17.3 Å². The van der Waals surface area contributed by atoms with Crippen LogP contribution in [0.3, 0.4) is 0 Å². The van der Waals surface area contributed by atoms with Crippen LogP contribution in [0.4, 0.5) is 5.82 Å². The number of imidazole rings is 1. The number of nitrogens with zero attached hydrogens (tertiary/aromatic N) is 2. The zero-order valence-electron chi connectivity index (χ0n) is 9.05. The maximum Gasteiger partial charge on any atom is 0.360 e. The molecule has 0 saturated heterocycles. The Morgan fingerprint density at radius 2 is 2.06 bits per heavy atom. The van der Waals surface area contributed by atoms with Gasteiger partial charge in [-0.25, -0.2) is 9.78 Å². The highest BCUT2D eigenvalue weighted by atomic mass is 35.5. The van der Waals surface area contributed by atoms with Crippen LogP contribution in [-0.4, -0.2) is 22.6 Å². The zero-order chi connectivity index (χ0) is 12.4. The molecule has 5 nitrogen and oxygen atoms in total. The van der Waals surface area contributed by atoms with Gasteiger partial charge >= 0.3 is 5.97 Å². The smallest absolute Gasteiger partial charge is 0.360 e. The third kappa shape index (κ3) is 2.09. The van der Waals surface area contributed by atoms with Crippen LogP contribution >= 0.6 is 11.6 Å². The van der Waals surface area contributed by atoms with Gasteiger partial charge in [-0.3, -0.25) is 4.57 Å². The van der Waals surface area contributed by atoms with E-state index < -0.39 is 5.97 Å². The minimum absolute atomic E-state index is 0.0995. The topological polar surface area (TPSA) is 70.1 Å². The van der Waals surface area contributed by atoms with E-state index in [0.717, 1.165) is 5.69 Å². The number of hydrogen-bond acceptors (Lipinski definition) is 4. The summed E-state index contributed by atoms with van der Waals surface area (Å²) in [4.78, 5) is 15.2. The Labute approximate surface area is 103 Å². The summed E-state index contributed by atoms with van der Waals surface area (Å²) < 4.78 is 6.16. The summed E-state index contributed by atoms with van der Waals surface area (Å²) >= 11 is 5.79. The minimum Gasteiger partial charge on any atom is -0.464 e. The van der Waals surface area contributed by atoms with E-state index in [0.29, 0.717) is 5.02 Å². The van der Waals surface area contributed by atoms with Crippen LogP contribution in [-0.2, 0) is 4.74 Å². The molecule has 6 heteroatoms. The SMILES string of the molecule is COC(=O)c1ncn(-c2ccc(Cl)cc2)c1N. The Bertz CT molecular complexity index is 548. The van der Waals surface area contributed by atoms with E-state index in [1.165, 1.54) is 13.4 Å². The fourth-order valence-electron chi connectivity index (χ4n) is 1.42. The third-order valence-electron chi connectivity index (χ3n) is 2.29. The van der Waals surface area contributed by atoms with Crippen LogP contribution in [0.2, 0.25) is 5.02 Å². The van der Waals surface area contributed by atoms with Gasteiger partial charge in [-0.15, -0.1) is 0 Å². The summed E-state index contributed by atoms with van der Waals surface area (Å²) in [7, 11) is 1.28. The van der Waals surface area contributed by atoms with Crippen LogP contribution in [0.25, 0.3) is 5.69 Å². The Morgan fingerprint density at radius 1 is 1.41 bits per heavy atom. The maximum atomic E-state index is 11.3. The number of ether oxygens (including phenoxy) is 1. The predicted octanol–water partition coefficient (Wildman–Crippen LogP) is 1.89. The number of methoxy groups -OCH3 is 1. The van der Waals surface area contributed by atoms with E-state index in [1.54, 1.807) is 28.8 Å². The highest BCUT2D eigenvalue weighted by Crippen LogP contribution is 2.19. The molecule has 0 aliphatic carbocycles. The normalized spacial score (nSPS) is 10.2. The van der Waals surface area contributed by atoms with E-state index >= 15 is 0 Å². The van der Waals surface area contributed by atoms with E-state index in [9.17, 15) is 4.79 Å². The van der Waals surface area contributed by atoms with Crippen molar-refractivity contribution in [2.45, 2.75) is 0 Å². The second-order valence-corrected chi connectivity index (χ2v) is 3.75. The lowest BCUT2D eigenvalue weighted by molar-refractivity contribution is 0.0596. The predicted molar refractivity (Wildman–Crippen MR) is 64.3 cm³/mol. The highest BCUT2D eigenvalue weighted by Gasteiger charge is 2.16. The molecule has 2 aromatic rings. The first-order valence-electron chi connectivity index (χ1n) is 4.80. The van der Waals surface area contributed by atoms with Crippen molar-refractivity contribution < 1.29 is 9.53 Å². The fourth-order valence-corrected chi connectivity index (χ4v) is 1.55. The first-order chi connectivity index (χ1) is 8.13. The number of nitrogens with two attached hydrogens (primary N) is 1. The van der Waals surface area contributed by atoms with Gasteiger partial charge in [-0.1, -0.05) is 11.6 Å². The molecule has 0 aliphatic rings. The number of esters is 1. The molecular formula is C11H10ClN3O2. The van der Waals surface area contributed by atoms with E-state index in [1.807, 2.05) is 0 Å². The molecule has 0 unspecified atom stereocenters. The van der Waals surface area contributed by atoms with E-state index in [2.05, 4.69) is 9.72 Å². The third-order valence-corrected chi connectivity index (χ3v) is 2.54. The number of halogens is 1. The summed E-state index contributed by atoms with van der Waals surface area (Å²) in [6.45, 7) is 0. The van der Waals surface area contributed by atoms with Crippen molar-refractivity contribution >= 4 is 23.4 Å². The van der Waals surface area contributed by atoms with Gasteiger partial charge < -0.3 is 10.5 Å². The number of rotatable bonds is 2. The Kier molecular flexibility index (Phi) is 3.01. The summed E-state index contributed by atoms with van der Waals surface area (Å²) in [6.07, 6.45) is 1.46. The molecule has 0 amide bonds. The first kappa shape index (κ1) is 11.5. The monoisotopic (exact) mass is 251 g/mol. The number of carbonyl (C=O) groups excluding carboxylic acids is 1. The quantitative estimate of drug-likeness (QED) is 0.828. The summed E-state index contributed by atoms with van der Waals surface area (Å²) in [5.74, 6) is -0.325. The second kappa shape index (κ2) is 4.47. The average Bonchev–Trinajstić information content (AvgIpc) is 2.71. The van der Waals surface area contributed by atoms with Crippen LogP contribution < -0.4 is 5.73 Å². The highest BCUT2D eigenvalue weighted by molar-refractivity contribution is 6.30. The van der Waals surface area contributed by atoms with Crippen molar-refractivity contribution in [2.75, 3.05) is 12.8 Å². The largest absolute Gasteiger partial charge is 0.464 e. The summed E-state index contributed by atoms with van der Waals surface area (Å²) in [6, 6.07) is 7.02. The van der Waals surface area contributed by atoms with Gasteiger partial charge in [0.2, 0.25) is 0 Å². The average molecular weight is 252 g/mol. The molecule has 0 aliphatic heterocycles. The van der Waals surface area contributed by atoms with E-state index in [-0.39, 0.29) is 11.5 Å². The molecule has 2 rings (SSSR count). The van der Waals surface area contributed by atoms with Crippen LogP contribution in [0.5, 0.6) is 0 Å². The lowest BCUT2D eigenvalue weighted by atomic mass is 10.3. The number of aromatic nitrogens is 2.